The van der Waals surface area contributed by atoms with E-state index in [1.54, 1.807) is 0 Å². The average Bonchev–Trinajstić information content (AvgIpc) is 2.49. The number of nitrogens with zero attached hydrogens (tertiary/aromatic N) is 1. The minimum atomic E-state index is -1.13. The predicted octanol–water partition coefficient (Wildman–Crippen LogP) is 3.71. The molecule has 0 fully saturated rings. The molecule has 5 nitrogen and oxygen atoms in total. The van der Waals surface area contributed by atoms with Crippen molar-refractivity contribution in [3.8, 4) is 0 Å². The summed E-state index contributed by atoms with van der Waals surface area (Å²) in [7, 11) is 0. The van der Waals surface area contributed by atoms with Gasteiger partial charge in [-0.1, -0.05) is 29.3 Å². The molecular weight excluding hydrogens is 346 g/mol. The van der Waals surface area contributed by atoms with Crippen LogP contribution < -0.4 is 5.32 Å². The normalized spacial score (nSPS) is 11.7. The summed E-state index contributed by atoms with van der Waals surface area (Å²) in [5, 5.41) is 2.88. The standard InChI is InChI=1S/C15H11Cl2FN2O3/c1-8(23-15(22)9-3-2-4-11(18)5-9)14(21)20-13-12(17)6-10(16)7-19-13/h2-8H,1H3,(H,19,20,21)/t8-/m1/s1. The van der Waals surface area contributed by atoms with Gasteiger partial charge in [0.25, 0.3) is 5.91 Å². The molecule has 0 aliphatic heterocycles. The zero-order chi connectivity index (χ0) is 17.0. The molecule has 0 saturated heterocycles. The fraction of sp³-hybridized carbons (Fsp3) is 0.133. The van der Waals surface area contributed by atoms with Crippen LogP contribution in [0.4, 0.5) is 10.2 Å². The van der Waals surface area contributed by atoms with E-state index < -0.39 is 23.8 Å². The van der Waals surface area contributed by atoms with Crippen LogP contribution >= 0.6 is 23.2 Å². The van der Waals surface area contributed by atoms with Gasteiger partial charge in [-0.05, 0) is 31.2 Å². The Labute approximate surface area is 141 Å². The Hall–Kier alpha value is -2.18. The Balaban J connectivity index is 2.01. The number of hydrogen-bond donors (Lipinski definition) is 1. The molecular formula is C15H11Cl2FN2O3. The smallest absolute Gasteiger partial charge is 0.339 e. The Morgan fingerprint density at radius 3 is 2.70 bits per heavy atom. The number of hydrogen-bond acceptors (Lipinski definition) is 4. The SMILES string of the molecule is C[C@@H](OC(=O)c1cccc(F)c1)C(=O)Nc1ncc(Cl)cc1Cl. The predicted molar refractivity (Wildman–Crippen MR) is 84.2 cm³/mol. The van der Waals surface area contributed by atoms with Crippen molar-refractivity contribution < 1.29 is 18.7 Å². The van der Waals surface area contributed by atoms with Gasteiger partial charge >= 0.3 is 5.97 Å². The first-order valence-corrected chi connectivity index (χ1v) is 7.21. The topological polar surface area (TPSA) is 68.3 Å². The molecule has 2 aromatic rings. The third kappa shape index (κ3) is 4.64. The maximum Gasteiger partial charge on any atom is 0.339 e. The van der Waals surface area contributed by atoms with E-state index in [1.165, 1.54) is 37.4 Å². The molecule has 0 radical (unpaired) electrons. The van der Waals surface area contributed by atoms with Crippen LogP contribution in [0.5, 0.6) is 0 Å². The number of pyridine rings is 1. The highest BCUT2D eigenvalue weighted by molar-refractivity contribution is 6.36. The molecule has 1 heterocycles. The van der Waals surface area contributed by atoms with Crippen molar-refractivity contribution in [1.82, 2.24) is 4.98 Å². The number of aromatic nitrogens is 1. The number of esters is 1. The van der Waals surface area contributed by atoms with E-state index in [-0.39, 0.29) is 16.4 Å². The van der Waals surface area contributed by atoms with Crippen molar-refractivity contribution in [2.75, 3.05) is 5.32 Å². The van der Waals surface area contributed by atoms with Crippen LogP contribution in [0.25, 0.3) is 0 Å². The molecule has 0 aliphatic carbocycles. The summed E-state index contributed by atoms with van der Waals surface area (Å²) >= 11 is 11.6. The van der Waals surface area contributed by atoms with E-state index in [0.29, 0.717) is 5.02 Å². The second kappa shape index (κ2) is 7.39. The molecule has 0 saturated carbocycles. The average molecular weight is 357 g/mol. The van der Waals surface area contributed by atoms with Crippen LogP contribution in [0.2, 0.25) is 10.0 Å². The monoisotopic (exact) mass is 356 g/mol. The highest BCUT2D eigenvalue weighted by atomic mass is 35.5. The third-order valence-corrected chi connectivity index (χ3v) is 3.26. The fourth-order valence-electron chi connectivity index (χ4n) is 1.62. The molecule has 1 aromatic heterocycles. The molecule has 2 rings (SSSR count). The number of carbonyl (C=O) groups excluding carboxylic acids is 2. The third-order valence-electron chi connectivity index (χ3n) is 2.76. The number of benzene rings is 1. The molecule has 8 heteroatoms. The van der Waals surface area contributed by atoms with Gasteiger partial charge in [0.1, 0.15) is 5.82 Å². The zero-order valence-corrected chi connectivity index (χ0v) is 13.4. The van der Waals surface area contributed by atoms with E-state index in [2.05, 4.69) is 10.3 Å². The maximum absolute atomic E-state index is 13.1. The maximum atomic E-state index is 13.1. The molecule has 0 unspecified atom stereocenters. The molecule has 1 atom stereocenters. The van der Waals surface area contributed by atoms with Crippen LogP contribution in [-0.4, -0.2) is 23.0 Å². The number of amides is 1. The summed E-state index contributed by atoms with van der Waals surface area (Å²) in [6, 6.07) is 6.38. The lowest BCUT2D eigenvalue weighted by atomic mass is 10.2. The van der Waals surface area contributed by atoms with E-state index >= 15 is 0 Å². The number of ether oxygens (including phenoxy) is 1. The minimum absolute atomic E-state index is 0.00676. The molecule has 0 bridgehead atoms. The Kier molecular flexibility index (Phi) is 5.52. The van der Waals surface area contributed by atoms with Crippen molar-refractivity contribution in [3.63, 3.8) is 0 Å². The van der Waals surface area contributed by atoms with Crippen molar-refractivity contribution in [3.05, 3.63) is 58.0 Å². The van der Waals surface area contributed by atoms with Crippen LogP contribution in [0.15, 0.2) is 36.5 Å². The van der Waals surface area contributed by atoms with Gasteiger partial charge in [0, 0.05) is 6.20 Å². The number of rotatable bonds is 4. The van der Waals surface area contributed by atoms with Gasteiger partial charge in [-0.15, -0.1) is 0 Å². The first-order chi connectivity index (χ1) is 10.9. The summed E-state index contributed by atoms with van der Waals surface area (Å²) in [6.07, 6.45) is 0.186. The van der Waals surface area contributed by atoms with Gasteiger partial charge in [0.2, 0.25) is 0 Å². The van der Waals surface area contributed by atoms with Gasteiger partial charge in [0.15, 0.2) is 11.9 Å². The summed E-state index contributed by atoms with van der Waals surface area (Å²) in [6.45, 7) is 1.37. The molecule has 23 heavy (non-hydrogen) atoms. The molecule has 0 aliphatic rings. The van der Waals surface area contributed by atoms with Crippen molar-refractivity contribution >= 4 is 40.9 Å². The first kappa shape index (κ1) is 17.2. The summed E-state index contributed by atoms with van der Waals surface area (Å²) in [5.74, 6) is -1.93. The Bertz CT molecular complexity index is 755. The van der Waals surface area contributed by atoms with Crippen molar-refractivity contribution in [2.24, 2.45) is 0 Å². The van der Waals surface area contributed by atoms with Crippen molar-refractivity contribution in [2.45, 2.75) is 13.0 Å². The van der Waals surface area contributed by atoms with Gasteiger partial charge in [-0.3, -0.25) is 4.79 Å². The molecule has 1 aromatic carbocycles. The van der Waals surface area contributed by atoms with Crippen LogP contribution in [-0.2, 0) is 9.53 Å². The van der Waals surface area contributed by atoms with Gasteiger partial charge in [0.05, 0.1) is 15.6 Å². The Morgan fingerprint density at radius 2 is 2.04 bits per heavy atom. The summed E-state index contributed by atoms with van der Waals surface area (Å²) < 4.78 is 18.0. The van der Waals surface area contributed by atoms with E-state index in [1.807, 2.05) is 0 Å². The summed E-state index contributed by atoms with van der Waals surface area (Å²) in [4.78, 5) is 27.7. The van der Waals surface area contributed by atoms with Crippen LogP contribution in [0.1, 0.15) is 17.3 Å². The zero-order valence-electron chi connectivity index (χ0n) is 11.8. The van der Waals surface area contributed by atoms with E-state index in [9.17, 15) is 14.0 Å². The quantitative estimate of drug-likeness (QED) is 0.847. The van der Waals surface area contributed by atoms with E-state index in [0.717, 1.165) is 6.07 Å². The molecule has 1 amide bonds. The second-order valence-corrected chi connectivity index (χ2v) is 5.37. The van der Waals surface area contributed by atoms with Gasteiger partial charge in [-0.2, -0.15) is 0 Å². The highest BCUT2D eigenvalue weighted by Gasteiger charge is 2.20. The number of nitrogens with one attached hydrogen (secondary N) is 1. The Morgan fingerprint density at radius 1 is 1.30 bits per heavy atom. The number of anilines is 1. The summed E-state index contributed by atoms with van der Waals surface area (Å²) in [5.41, 5.74) is 0.00676. The highest BCUT2D eigenvalue weighted by Crippen LogP contribution is 2.22. The van der Waals surface area contributed by atoms with Crippen LogP contribution in [0.3, 0.4) is 0 Å². The lowest BCUT2D eigenvalue weighted by Gasteiger charge is -2.13. The largest absolute Gasteiger partial charge is 0.449 e. The number of halogens is 3. The molecule has 120 valence electrons. The molecule has 1 N–H and O–H groups in total. The molecule has 0 spiro atoms. The van der Waals surface area contributed by atoms with Gasteiger partial charge < -0.3 is 10.1 Å². The second-order valence-electron chi connectivity index (χ2n) is 4.53. The lowest BCUT2D eigenvalue weighted by molar-refractivity contribution is -0.123. The van der Waals surface area contributed by atoms with Crippen LogP contribution in [0, 0.1) is 5.82 Å². The van der Waals surface area contributed by atoms with Gasteiger partial charge in [-0.25, -0.2) is 14.2 Å². The minimum Gasteiger partial charge on any atom is -0.449 e. The van der Waals surface area contributed by atoms with Crippen molar-refractivity contribution in [1.29, 1.82) is 0 Å². The fourth-order valence-corrected chi connectivity index (χ4v) is 2.05. The number of carbonyl (C=O) groups is 2. The first-order valence-electron chi connectivity index (χ1n) is 6.45. The lowest BCUT2D eigenvalue weighted by Crippen LogP contribution is -2.30. The van der Waals surface area contributed by atoms with E-state index in [4.69, 9.17) is 27.9 Å².